The highest BCUT2D eigenvalue weighted by molar-refractivity contribution is 6.41. The van der Waals surface area contributed by atoms with Crippen LogP contribution in [0.4, 0.5) is 12.0 Å². The summed E-state index contributed by atoms with van der Waals surface area (Å²) in [5.41, 5.74) is 5.71. The van der Waals surface area contributed by atoms with Gasteiger partial charge in [0.2, 0.25) is 0 Å². The molecule has 88 valence electrons. The van der Waals surface area contributed by atoms with Gasteiger partial charge >= 0.3 is 6.01 Å². The number of anilines is 1. The molecule has 1 aromatic heterocycles. The Hall–Kier alpha value is -1.72. The van der Waals surface area contributed by atoms with Gasteiger partial charge in [-0.05, 0) is 11.1 Å². The molecule has 0 aromatic carbocycles. The van der Waals surface area contributed by atoms with Gasteiger partial charge in [0, 0.05) is 5.92 Å². The fourth-order valence-electron chi connectivity index (χ4n) is 1.14. The molecule has 0 aliphatic rings. The van der Waals surface area contributed by atoms with Crippen LogP contribution in [0.15, 0.2) is 9.52 Å². The fourth-order valence-corrected chi connectivity index (χ4v) is 1.14. The highest BCUT2D eigenvalue weighted by Gasteiger charge is 2.19. The molecule has 0 spiro atoms. The number of nitrogens with two attached hydrogens (primary N) is 1. The Bertz CT molecular complexity index is 407. The number of nitrogens with zero attached hydrogens (tertiary/aromatic N) is 3. The van der Waals surface area contributed by atoms with Gasteiger partial charge in [-0.2, -0.15) is 4.98 Å². The zero-order valence-electron chi connectivity index (χ0n) is 9.89. The zero-order valence-corrected chi connectivity index (χ0v) is 9.89. The average Bonchev–Trinajstić information content (AvgIpc) is 2.59. The highest BCUT2D eigenvalue weighted by atomic mass is 16.5. The van der Waals surface area contributed by atoms with Gasteiger partial charge in [0.15, 0.2) is 5.78 Å². The van der Waals surface area contributed by atoms with Crippen molar-refractivity contribution in [1.82, 2.24) is 10.1 Å². The van der Waals surface area contributed by atoms with E-state index < -0.39 is 0 Å². The van der Waals surface area contributed by atoms with Gasteiger partial charge in [0.05, 0.1) is 5.71 Å². The summed E-state index contributed by atoms with van der Waals surface area (Å²) < 4.78 is 4.58. The average molecular weight is 224 g/mol. The highest BCUT2D eigenvalue weighted by Crippen LogP contribution is 2.13. The summed E-state index contributed by atoms with van der Waals surface area (Å²) in [4.78, 5) is 19.7. The van der Waals surface area contributed by atoms with Crippen LogP contribution >= 0.6 is 0 Å². The monoisotopic (exact) mass is 224 g/mol. The van der Waals surface area contributed by atoms with Gasteiger partial charge in [-0.25, -0.2) is 4.99 Å². The Labute approximate surface area is 93.9 Å². The van der Waals surface area contributed by atoms with E-state index >= 15 is 0 Å². The van der Waals surface area contributed by atoms with Crippen molar-refractivity contribution in [2.75, 3.05) is 5.73 Å². The predicted octanol–water partition coefficient (Wildman–Crippen LogP) is 1.61. The number of carbonyl (C=O) groups excluding carboxylic acids is 1. The van der Waals surface area contributed by atoms with E-state index in [0.29, 0.717) is 5.71 Å². The van der Waals surface area contributed by atoms with Gasteiger partial charge in [0.25, 0.3) is 5.95 Å². The molecule has 0 fully saturated rings. The van der Waals surface area contributed by atoms with Gasteiger partial charge < -0.3 is 10.3 Å². The molecule has 0 unspecified atom stereocenters. The molecule has 1 rings (SSSR count). The first-order valence-corrected chi connectivity index (χ1v) is 5.13. The summed E-state index contributed by atoms with van der Waals surface area (Å²) in [6.45, 7) is 7.43. The minimum Gasteiger partial charge on any atom is -0.351 e. The number of Topliss-reactive ketones (excluding diaryl/α,β-unsaturated/α-hetero) is 1. The van der Waals surface area contributed by atoms with E-state index in [1.54, 1.807) is 0 Å². The maximum absolute atomic E-state index is 11.8. The summed E-state index contributed by atoms with van der Waals surface area (Å²) in [6.07, 6.45) is 0. The molecule has 0 radical (unpaired) electrons. The van der Waals surface area contributed by atoms with E-state index in [9.17, 15) is 4.79 Å². The van der Waals surface area contributed by atoms with E-state index in [1.165, 1.54) is 0 Å². The van der Waals surface area contributed by atoms with Gasteiger partial charge in [-0.15, -0.1) is 0 Å². The van der Waals surface area contributed by atoms with Crippen molar-refractivity contribution < 1.29 is 9.32 Å². The maximum Gasteiger partial charge on any atom is 0.320 e. The minimum atomic E-state index is -0.106. The molecule has 0 aliphatic carbocycles. The van der Waals surface area contributed by atoms with Crippen LogP contribution in [0.3, 0.4) is 0 Å². The SMILES string of the molecule is CC(C)C(=O)/C(=N/c1noc(N)n1)C(C)C. The number of carbonyl (C=O) groups is 1. The van der Waals surface area contributed by atoms with Gasteiger partial charge in [0.1, 0.15) is 0 Å². The topological polar surface area (TPSA) is 94.4 Å². The Morgan fingerprint density at radius 1 is 1.31 bits per heavy atom. The number of aromatic nitrogens is 2. The van der Waals surface area contributed by atoms with Crippen LogP contribution in [-0.4, -0.2) is 21.6 Å². The molecule has 0 saturated heterocycles. The van der Waals surface area contributed by atoms with E-state index in [4.69, 9.17) is 5.73 Å². The summed E-state index contributed by atoms with van der Waals surface area (Å²) in [6, 6.07) is -0.0566. The van der Waals surface area contributed by atoms with Gasteiger partial charge in [-0.1, -0.05) is 27.7 Å². The smallest absolute Gasteiger partial charge is 0.320 e. The Morgan fingerprint density at radius 3 is 2.31 bits per heavy atom. The van der Waals surface area contributed by atoms with Crippen LogP contribution in [0.2, 0.25) is 0 Å². The lowest BCUT2D eigenvalue weighted by atomic mass is 9.96. The predicted molar refractivity (Wildman–Crippen MR) is 60.5 cm³/mol. The first-order chi connectivity index (χ1) is 7.41. The molecule has 16 heavy (non-hydrogen) atoms. The van der Waals surface area contributed by atoms with Crippen LogP contribution in [0.1, 0.15) is 27.7 Å². The number of nitrogen functional groups attached to an aromatic ring is 1. The molecule has 6 heteroatoms. The molecule has 1 aromatic rings. The number of rotatable bonds is 4. The molecular formula is C10H16N4O2. The van der Waals surface area contributed by atoms with Crippen molar-refractivity contribution in [3.8, 4) is 0 Å². The van der Waals surface area contributed by atoms with Crippen LogP contribution in [0.25, 0.3) is 0 Å². The second kappa shape index (κ2) is 4.87. The number of hydrogen-bond donors (Lipinski definition) is 1. The molecule has 0 bridgehead atoms. The molecule has 0 atom stereocenters. The Morgan fingerprint density at radius 2 is 1.94 bits per heavy atom. The van der Waals surface area contributed by atoms with E-state index in [-0.39, 0.29) is 29.6 Å². The van der Waals surface area contributed by atoms with Crippen LogP contribution in [0, 0.1) is 11.8 Å². The third-order valence-corrected chi connectivity index (χ3v) is 1.98. The summed E-state index contributed by atoms with van der Waals surface area (Å²) in [5.74, 6) is -0.0198. The first-order valence-electron chi connectivity index (χ1n) is 5.13. The number of ketones is 1. The number of hydrogen-bond acceptors (Lipinski definition) is 6. The van der Waals surface area contributed by atoms with Crippen molar-refractivity contribution in [3.05, 3.63) is 0 Å². The normalized spacial score (nSPS) is 12.5. The lowest BCUT2D eigenvalue weighted by Gasteiger charge is -2.09. The fraction of sp³-hybridized carbons (Fsp3) is 0.600. The first kappa shape index (κ1) is 12.4. The molecular weight excluding hydrogens is 208 g/mol. The van der Waals surface area contributed by atoms with Crippen LogP contribution in [-0.2, 0) is 4.79 Å². The zero-order chi connectivity index (χ0) is 12.3. The molecule has 2 N–H and O–H groups in total. The standard InChI is InChI=1S/C10H16N4O2/c1-5(2)7(8(15)6(3)4)12-10-13-9(11)16-14-10/h5-6H,1-4H3,(H2,11,13,14)/b12-7+. The summed E-state index contributed by atoms with van der Waals surface area (Å²) in [7, 11) is 0. The molecule has 0 aliphatic heterocycles. The third kappa shape index (κ3) is 2.88. The third-order valence-electron chi connectivity index (χ3n) is 1.98. The summed E-state index contributed by atoms with van der Waals surface area (Å²) >= 11 is 0. The Kier molecular flexibility index (Phi) is 3.76. The quantitative estimate of drug-likeness (QED) is 0.784. The lowest BCUT2D eigenvalue weighted by molar-refractivity contribution is -0.115. The minimum absolute atomic E-state index is 0.00891. The van der Waals surface area contributed by atoms with Crippen LogP contribution in [0.5, 0.6) is 0 Å². The lowest BCUT2D eigenvalue weighted by Crippen LogP contribution is -2.24. The number of aliphatic imine (C=N–C) groups is 1. The summed E-state index contributed by atoms with van der Waals surface area (Å²) in [5, 5.41) is 3.53. The molecule has 6 nitrogen and oxygen atoms in total. The molecule has 1 heterocycles. The molecule has 0 amide bonds. The maximum atomic E-state index is 11.8. The second-order valence-corrected chi connectivity index (χ2v) is 4.10. The second-order valence-electron chi connectivity index (χ2n) is 4.10. The van der Waals surface area contributed by atoms with Gasteiger partial charge in [-0.3, -0.25) is 4.79 Å². The van der Waals surface area contributed by atoms with Crippen molar-refractivity contribution in [3.63, 3.8) is 0 Å². The molecule has 0 saturated carbocycles. The van der Waals surface area contributed by atoms with E-state index in [0.717, 1.165) is 0 Å². The van der Waals surface area contributed by atoms with E-state index in [1.807, 2.05) is 27.7 Å². The Balaban J connectivity index is 3.03. The van der Waals surface area contributed by atoms with Crippen LogP contribution < -0.4 is 5.73 Å². The van der Waals surface area contributed by atoms with Crippen molar-refractivity contribution in [2.45, 2.75) is 27.7 Å². The van der Waals surface area contributed by atoms with E-state index in [2.05, 4.69) is 19.7 Å². The van der Waals surface area contributed by atoms with Crippen molar-refractivity contribution in [2.24, 2.45) is 16.8 Å². The van der Waals surface area contributed by atoms with Crippen molar-refractivity contribution >= 4 is 23.5 Å². The van der Waals surface area contributed by atoms with Crippen molar-refractivity contribution in [1.29, 1.82) is 0 Å². The largest absolute Gasteiger partial charge is 0.351 e.